The van der Waals surface area contributed by atoms with Gasteiger partial charge in [-0.25, -0.2) is 4.98 Å². The Balaban J connectivity index is 1.53. The molecule has 2 heterocycles. The molecule has 0 aliphatic rings. The van der Waals surface area contributed by atoms with Crippen molar-refractivity contribution in [1.29, 1.82) is 0 Å². The predicted octanol–water partition coefficient (Wildman–Crippen LogP) is 5.02. The Morgan fingerprint density at radius 3 is 2.91 bits per heavy atom. The number of aryl methyl sites for hydroxylation is 1. The number of anilines is 1. The van der Waals surface area contributed by atoms with E-state index in [9.17, 15) is 4.79 Å². The molecular formula is C17H15ClN2OS2. The van der Waals surface area contributed by atoms with Crippen LogP contribution in [0.25, 0.3) is 0 Å². The third-order valence-electron chi connectivity index (χ3n) is 3.25. The van der Waals surface area contributed by atoms with E-state index in [0.29, 0.717) is 11.6 Å². The number of amides is 1. The molecule has 23 heavy (non-hydrogen) atoms. The lowest BCUT2D eigenvalue weighted by Crippen LogP contribution is -2.11. The van der Waals surface area contributed by atoms with Gasteiger partial charge < -0.3 is 5.32 Å². The SMILES string of the molecule is O=C(CCc1cccs1)Nc1ncc(Cc2cccc(Cl)c2)s1. The van der Waals surface area contributed by atoms with Crippen LogP contribution in [0, 0.1) is 0 Å². The van der Waals surface area contributed by atoms with Crippen molar-refractivity contribution in [3.8, 4) is 0 Å². The quantitative estimate of drug-likeness (QED) is 0.668. The number of thiazole rings is 1. The lowest BCUT2D eigenvalue weighted by Gasteiger charge is -2.00. The fraction of sp³-hybridized carbons (Fsp3) is 0.176. The summed E-state index contributed by atoms with van der Waals surface area (Å²) in [6, 6.07) is 11.8. The van der Waals surface area contributed by atoms with E-state index in [1.807, 2.05) is 41.8 Å². The van der Waals surface area contributed by atoms with E-state index in [-0.39, 0.29) is 5.91 Å². The molecule has 3 nitrogen and oxygen atoms in total. The van der Waals surface area contributed by atoms with Gasteiger partial charge in [0.1, 0.15) is 0 Å². The molecule has 1 aromatic carbocycles. The smallest absolute Gasteiger partial charge is 0.226 e. The maximum atomic E-state index is 12.0. The summed E-state index contributed by atoms with van der Waals surface area (Å²) in [5.41, 5.74) is 1.14. The van der Waals surface area contributed by atoms with Gasteiger partial charge in [-0.15, -0.1) is 22.7 Å². The van der Waals surface area contributed by atoms with Gasteiger partial charge in [-0.05, 0) is 35.6 Å². The summed E-state index contributed by atoms with van der Waals surface area (Å²) < 4.78 is 0. The number of hydrogen-bond acceptors (Lipinski definition) is 4. The van der Waals surface area contributed by atoms with E-state index >= 15 is 0 Å². The van der Waals surface area contributed by atoms with Crippen LogP contribution in [0.2, 0.25) is 5.02 Å². The van der Waals surface area contributed by atoms with Gasteiger partial charge in [0, 0.05) is 33.8 Å². The van der Waals surface area contributed by atoms with E-state index in [0.717, 1.165) is 28.3 Å². The van der Waals surface area contributed by atoms with Crippen LogP contribution < -0.4 is 5.32 Å². The minimum atomic E-state index is 0.00190. The number of nitrogens with one attached hydrogen (secondary N) is 1. The second kappa shape index (κ2) is 7.73. The Hall–Kier alpha value is -1.69. The number of halogens is 1. The minimum Gasteiger partial charge on any atom is -0.302 e. The van der Waals surface area contributed by atoms with Gasteiger partial charge in [-0.2, -0.15) is 0 Å². The van der Waals surface area contributed by atoms with Crippen molar-refractivity contribution in [3.05, 3.63) is 68.3 Å². The number of carbonyl (C=O) groups is 1. The Kier molecular flexibility index (Phi) is 5.43. The van der Waals surface area contributed by atoms with Crippen molar-refractivity contribution < 1.29 is 4.79 Å². The minimum absolute atomic E-state index is 0.00190. The molecule has 0 saturated carbocycles. The van der Waals surface area contributed by atoms with Crippen LogP contribution in [0.3, 0.4) is 0 Å². The zero-order valence-corrected chi connectivity index (χ0v) is 14.7. The maximum Gasteiger partial charge on any atom is 0.226 e. The molecule has 0 radical (unpaired) electrons. The van der Waals surface area contributed by atoms with Crippen LogP contribution in [-0.2, 0) is 17.6 Å². The molecule has 6 heteroatoms. The number of hydrogen-bond donors (Lipinski definition) is 1. The molecule has 1 N–H and O–H groups in total. The molecule has 118 valence electrons. The van der Waals surface area contributed by atoms with E-state index in [1.165, 1.54) is 16.2 Å². The molecule has 0 saturated heterocycles. The molecule has 0 bridgehead atoms. The van der Waals surface area contributed by atoms with Crippen LogP contribution >= 0.6 is 34.3 Å². The number of rotatable bonds is 6. The van der Waals surface area contributed by atoms with Gasteiger partial charge in [-0.3, -0.25) is 4.79 Å². The summed E-state index contributed by atoms with van der Waals surface area (Å²) in [6.07, 6.45) is 3.82. The first-order valence-electron chi connectivity index (χ1n) is 7.20. The molecular weight excluding hydrogens is 348 g/mol. The van der Waals surface area contributed by atoms with E-state index in [2.05, 4.69) is 10.3 Å². The highest BCUT2D eigenvalue weighted by Gasteiger charge is 2.08. The number of thiophene rings is 1. The molecule has 2 aromatic heterocycles. The first-order valence-corrected chi connectivity index (χ1v) is 9.28. The van der Waals surface area contributed by atoms with Gasteiger partial charge in [0.2, 0.25) is 5.91 Å². The average Bonchev–Trinajstić information content (AvgIpc) is 3.17. The van der Waals surface area contributed by atoms with Crippen molar-refractivity contribution in [2.75, 3.05) is 5.32 Å². The number of benzene rings is 1. The van der Waals surface area contributed by atoms with Crippen LogP contribution in [0.1, 0.15) is 21.7 Å². The Bertz CT molecular complexity index is 784. The Labute approximate surface area is 148 Å². The third-order valence-corrected chi connectivity index (χ3v) is 5.33. The number of carbonyl (C=O) groups excluding carboxylic acids is 1. The van der Waals surface area contributed by atoms with Gasteiger partial charge in [0.05, 0.1) is 0 Å². The molecule has 3 aromatic rings. The largest absolute Gasteiger partial charge is 0.302 e. The van der Waals surface area contributed by atoms with Crippen LogP contribution in [0.4, 0.5) is 5.13 Å². The highest BCUT2D eigenvalue weighted by atomic mass is 35.5. The van der Waals surface area contributed by atoms with Crippen molar-refractivity contribution in [1.82, 2.24) is 4.98 Å². The van der Waals surface area contributed by atoms with E-state index in [4.69, 9.17) is 11.6 Å². The summed E-state index contributed by atoms with van der Waals surface area (Å²) in [5, 5.41) is 6.27. The van der Waals surface area contributed by atoms with Crippen molar-refractivity contribution in [2.24, 2.45) is 0 Å². The van der Waals surface area contributed by atoms with Gasteiger partial charge >= 0.3 is 0 Å². The average molecular weight is 363 g/mol. The lowest BCUT2D eigenvalue weighted by molar-refractivity contribution is -0.116. The van der Waals surface area contributed by atoms with Gasteiger partial charge in [0.15, 0.2) is 5.13 Å². The Morgan fingerprint density at radius 1 is 1.22 bits per heavy atom. The molecule has 0 fully saturated rings. The van der Waals surface area contributed by atoms with Crippen LogP contribution in [0.5, 0.6) is 0 Å². The second-order valence-corrected chi connectivity index (χ2v) is 7.65. The predicted molar refractivity (Wildman–Crippen MR) is 97.6 cm³/mol. The fourth-order valence-electron chi connectivity index (χ4n) is 2.17. The van der Waals surface area contributed by atoms with Gasteiger partial charge in [-0.1, -0.05) is 29.8 Å². The zero-order chi connectivity index (χ0) is 16.1. The summed E-state index contributed by atoms with van der Waals surface area (Å²) in [7, 11) is 0. The normalized spacial score (nSPS) is 10.7. The molecule has 0 atom stereocenters. The highest BCUT2D eigenvalue weighted by molar-refractivity contribution is 7.15. The molecule has 0 aliphatic heterocycles. The van der Waals surface area contributed by atoms with Crippen molar-refractivity contribution in [3.63, 3.8) is 0 Å². The van der Waals surface area contributed by atoms with Crippen LogP contribution in [0.15, 0.2) is 48.0 Å². The first kappa shape index (κ1) is 16.2. The summed E-state index contributed by atoms with van der Waals surface area (Å²) in [4.78, 5) is 18.6. The lowest BCUT2D eigenvalue weighted by atomic mass is 10.1. The summed E-state index contributed by atoms with van der Waals surface area (Å²) >= 11 is 9.17. The summed E-state index contributed by atoms with van der Waals surface area (Å²) in [6.45, 7) is 0. The maximum absolute atomic E-state index is 12.0. The number of aromatic nitrogens is 1. The first-order chi connectivity index (χ1) is 11.2. The molecule has 3 rings (SSSR count). The molecule has 0 unspecified atom stereocenters. The summed E-state index contributed by atoms with van der Waals surface area (Å²) in [5.74, 6) is 0.00190. The highest BCUT2D eigenvalue weighted by Crippen LogP contribution is 2.22. The van der Waals surface area contributed by atoms with Crippen molar-refractivity contribution in [2.45, 2.75) is 19.3 Å². The zero-order valence-electron chi connectivity index (χ0n) is 12.3. The third kappa shape index (κ3) is 4.89. The van der Waals surface area contributed by atoms with Crippen molar-refractivity contribution >= 4 is 45.3 Å². The van der Waals surface area contributed by atoms with E-state index < -0.39 is 0 Å². The fourth-order valence-corrected chi connectivity index (χ4v) is 3.95. The monoisotopic (exact) mass is 362 g/mol. The standard InChI is InChI=1S/C17H15ClN2OS2/c18-13-4-1-3-12(9-13)10-15-11-19-17(23-15)20-16(21)7-6-14-5-2-8-22-14/h1-5,8-9,11H,6-7,10H2,(H,19,20,21). The molecule has 0 aliphatic carbocycles. The van der Waals surface area contributed by atoms with Crippen LogP contribution in [-0.4, -0.2) is 10.9 Å². The second-order valence-electron chi connectivity index (χ2n) is 5.07. The molecule has 0 spiro atoms. The van der Waals surface area contributed by atoms with Gasteiger partial charge in [0.25, 0.3) is 0 Å². The topological polar surface area (TPSA) is 42.0 Å². The van der Waals surface area contributed by atoms with E-state index in [1.54, 1.807) is 17.5 Å². The Morgan fingerprint density at radius 2 is 2.13 bits per heavy atom. The number of nitrogens with zero attached hydrogens (tertiary/aromatic N) is 1. The molecule has 1 amide bonds.